The highest BCUT2D eigenvalue weighted by Crippen LogP contribution is 2.12. The molecule has 0 aromatic heterocycles. The Hall–Kier alpha value is -0.370. The first-order valence-electron chi connectivity index (χ1n) is 4.28. The molecule has 0 fully saturated rings. The summed E-state index contributed by atoms with van der Waals surface area (Å²) in [6, 6.07) is 0. The molecule has 0 aliphatic rings. The normalized spacial score (nSPS) is 13.5. The van der Waals surface area contributed by atoms with Crippen molar-refractivity contribution in [2.45, 2.75) is 33.1 Å². The van der Waals surface area contributed by atoms with Crippen molar-refractivity contribution >= 4 is 6.29 Å². The maximum Gasteiger partial charge on any atom is 0.201 e. The molecule has 65 valence electrons. The Morgan fingerprint density at radius 1 is 1.27 bits per heavy atom. The first-order valence-corrected chi connectivity index (χ1v) is 4.28. The number of hydrogen-bond acceptors (Lipinski definition) is 2. The summed E-state index contributed by atoms with van der Waals surface area (Å²) >= 11 is 0. The summed E-state index contributed by atoms with van der Waals surface area (Å²) in [6.07, 6.45) is 4.86. The lowest BCUT2D eigenvalue weighted by molar-refractivity contribution is 0.451. The van der Waals surface area contributed by atoms with Crippen LogP contribution in [0.5, 0.6) is 0 Å². The molecule has 0 amide bonds. The van der Waals surface area contributed by atoms with Crippen LogP contribution in [0.25, 0.3) is 0 Å². The van der Waals surface area contributed by atoms with Crippen LogP contribution in [0.2, 0.25) is 0 Å². The summed E-state index contributed by atoms with van der Waals surface area (Å²) in [5, 5.41) is 0. The monoisotopic (exact) mass is 156 g/mol. The van der Waals surface area contributed by atoms with E-state index in [1.807, 2.05) is 6.29 Å². The third-order valence-electron chi connectivity index (χ3n) is 1.77. The number of hydrogen-bond donors (Lipinski definition) is 1. The SMILES string of the molecule is CC(C)CCC([C]=O)CCN. The fourth-order valence-corrected chi connectivity index (χ4v) is 0.998. The first-order chi connectivity index (χ1) is 5.20. The Labute approximate surface area is 69.2 Å². The van der Waals surface area contributed by atoms with Gasteiger partial charge in [-0.15, -0.1) is 0 Å². The van der Waals surface area contributed by atoms with Gasteiger partial charge in [0.15, 0.2) is 0 Å². The molecule has 0 aliphatic heterocycles. The van der Waals surface area contributed by atoms with Crippen LogP contribution >= 0.6 is 0 Å². The van der Waals surface area contributed by atoms with E-state index in [2.05, 4.69) is 13.8 Å². The van der Waals surface area contributed by atoms with Crippen molar-refractivity contribution in [3.05, 3.63) is 0 Å². The second kappa shape index (κ2) is 6.35. The molecule has 0 aromatic carbocycles. The predicted molar refractivity (Wildman–Crippen MR) is 46.9 cm³/mol. The summed E-state index contributed by atoms with van der Waals surface area (Å²) in [4.78, 5) is 10.3. The standard InChI is InChI=1S/C9H18NO/c1-8(2)3-4-9(7-11)5-6-10/h8-9H,3-6,10H2,1-2H3. The van der Waals surface area contributed by atoms with Crippen molar-refractivity contribution in [2.24, 2.45) is 17.6 Å². The van der Waals surface area contributed by atoms with E-state index in [-0.39, 0.29) is 5.92 Å². The topological polar surface area (TPSA) is 43.1 Å². The molecule has 0 bridgehead atoms. The Bertz CT molecular complexity index is 102. The maximum atomic E-state index is 10.3. The summed E-state index contributed by atoms with van der Waals surface area (Å²) in [7, 11) is 0. The van der Waals surface area contributed by atoms with E-state index in [9.17, 15) is 4.79 Å². The molecular weight excluding hydrogens is 138 g/mol. The summed E-state index contributed by atoms with van der Waals surface area (Å²) in [5.74, 6) is 0.742. The lowest BCUT2D eigenvalue weighted by Crippen LogP contribution is -2.10. The van der Waals surface area contributed by atoms with E-state index < -0.39 is 0 Å². The van der Waals surface area contributed by atoms with E-state index in [1.54, 1.807) is 0 Å². The lowest BCUT2D eigenvalue weighted by Gasteiger charge is -2.08. The third kappa shape index (κ3) is 6.05. The quantitative estimate of drug-likeness (QED) is 0.633. The van der Waals surface area contributed by atoms with E-state index in [4.69, 9.17) is 5.73 Å². The van der Waals surface area contributed by atoms with Gasteiger partial charge in [-0.2, -0.15) is 0 Å². The van der Waals surface area contributed by atoms with E-state index >= 15 is 0 Å². The fourth-order valence-electron chi connectivity index (χ4n) is 0.998. The molecule has 1 radical (unpaired) electrons. The minimum atomic E-state index is 0.0717. The van der Waals surface area contributed by atoms with Gasteiger partial charge >= 0.3 is 0 Å². The van der Waals surface area contributed by atoms with Crippen LogP contribution in [0.15, 0.2) is 0 Å². The lowest BCUT2D eigenvalue weighted by atomic mass is 9.96. The highest BCUT2D eigenvalue weighted by molar-refractivity contribution is 5.54. The van der Waals surface area contributed by atoms with Gasteiger partial charge in [0.1, 0.15) is 0 Å². The summed E-state index contributed by atoms with van der Waals surface area (Å²) in [6.45, 7) is 4.91. The second-order valence-electron chi connectivity index (χ2n) is 3.36. The average molecular weight is 156 g/mol. The fraction of sp³-hybridized carbons (Fsp3) is 0.889. The van der Waals surface area contributed by atoms with Gasteiger partial charge in [-0.3, -0.25) is 4.79 Å². The molecule has 2 nitrogen and oxygen atoms in total. The summed E-state index contributed by atoms with van der Waals surface area (Å²) < 4.78 is 0. The highest BCUT2D eigenvalue weighted by Gasteiger charge is 2.07. The molecule has 1 atom stereocenters. The molecule has 0 heterocycles. The molecule has 11 heavy (non-hydrogen) atoms. The van der Waals surface area contributed by atoms with Gasteiger partial charge < -0.3 is 5.73 Å². The summed E-state index contributed by atoms with van der Waals surface area (Å²) in [5.41, 5.74) is 5.33. The van der Waals surface area contributed by atoms with Gasteiger partial charge in [0.05, 0.1) is 0 Å². The van der Waals surface area contributed by atoms with Crippen LogP contribution in [-0.2, 0) is 4.79 Å². The van der Waals surface area contributed by atoms with Crippen LogP contribution in [0.4, 0.5) is 0 Å². The van der Waals surface area contributed by atoms with Crippen LogP contribution < -0.4 is 5.73 Å². The van der Waals surface area contributed by atoms with Gasteiger partial charge in [-0.05, 0) is 25.3 Å². The van der Waals surface area contributed by atoms with E-state index in [1.165, 1.54) is 0 Å². The zero-order chi connectivity index (χ0) is 8.69. The Balaban J connectivity index is 3.43. The first kappa shape index (κ1) is 10.6. The molecule has 0 saturated carbocycles. The number of rotatable bonds is 6. The Morgan fingerprint density at radius 2 is 1.91 bits per heavy atom. The predicted octanol–water partition coefficient (Wildman–Crippen LogP) is 1.50. The molecule has 0 saturated heterocycles. The van der Waals surface area contributed by atoms with Crippen molar-refractivity contribution in [1.82, 2.24) is 0 Å². The Kier molecular flexibility index (Phi) is 6.13. The average Bonchev–Trinajstić information content (AvgIpc) is 1.97. The molecule has 0 spiro atoms. The molecule has 0 aromatic rings. The van der Waals surface area contributed by atoms with Crippen LogP contribution in [0.3, 0.4) is 0 Å². The number of carbonyl (C=O) groups excluding carboxylic acids is 1. The molecular formula is C9H18NO. The van der Waals surface area contributed by atoms with Crippen LogP contribution in [0.1, 0.15) is 33.1 Å². The molecule has 2 heteroatoms. The molecule has 1 unspecified atom stereocenters. The van der Waals surface area contributed by atoms with Gasteiger partial charge in [0.25, 0.3) is 0 Å². The van der Waals surface area contributed by atoms with E-state index in [0.717, 1.165) is 19.3 Å². The number of nitrogens with two attached hydrogens (primary N) is 1. The zero-order valence-corrected chi connectivity index (χ0v) is 7.47. The minimum Gasteiger partial charge on any atom is -0.330 e. The highest BCUT2D eigenvalue weighted by atomic mass is 16.1. The maximum absolute atomic E-state index is 10.3. The molecule has 0 aliphatic carbocycles. The van der Waals surface area contributed by atoms with Crippen molar-refractivity contribution in [3.8, 4) is 0 Å². The van der Waals surface area contributed by atoms with E-state index in [0.29, 0.717) is 12.5 Å². The van der Waals surface area contributed by atoms with Crippen LogP contribution in [-0.4, -0.2) is 12.8 Å². The van der Waals surface area contributed by atoms with Crippen LogP contribution in [0, 0.1) is 11.8 Å². The van der Waals surface area contributed by atoms with Gasteiger partial charge in [-0.1, -0.05) is 20.3 Å². The van der Waals surface area contributed by atoms with Gasteiger partial charge in [0, 0.05) is 5.92 Å². The van der Waals surface area contributed by atoms with Gasteiger partial charge in [0.2, 0.25) is 6.29 Å². The van der Waals surface area contributed by atoms with Crippen molar-refractivity contribution in [1.29, 1.82) is 0 Å². The zero-order valence-electron chi connectivity index (χ0n) is 7.47. The largest absolute Gasteiger partial charge is 0.330 e. The van der Waals surface area contributed by atoms with Crippen molar-refractivity contribution in [3.63, 3.8) is 0 Å². The smallest absolute Gasteiger partial charge is 0.201 e. The Morgan fingerprint density at radius 3 is 2.27 bits per heavy atom. The second-order valence-corrected chi connectivity index (χ2v) is 3.36. The molecule has 0 rings (SSSR count). The minimum absolute atomic E-state index is 0.0717. The van der Waals surface area contributed by atoms with Crippen molar-refractivity contribution < 1.29 is 4.79 Å². The van der Waals surface area contributed by atoms with Gasteiger partial charge in [-0.25, -0.2) is 0 Å². The van der Waals surface area contributed by atoms with Crippen molar-refractivity contribution in [2.75, 3.05) is 6.54 Å². The third-order valence-corrected chi connectivity index (χ3v) is 1.77. The molecule has 2 N–H and O–H groups in total.